The highest BCUT2D eigenvalue weighted by Gasteiger charge is 2.26. The molecule has 0 aliphatic carbocycles. The van der Waals surface area contributed by atoms with Gasteiger partial charge >= 0.3 is 5.82 Å². The van der Waals surface area contributed by atoms with Crippen molar-refractivity contribution in [2.75, 3.05) is 20.1 Å². The van der Waals surface area contributed by atoms with Gasteiger partial charge in [0, 0.05) is 25.2 Å². The number of hydrogen-bond donors (Lipinski definition) is 2. The molecule has 1 aromatic rings. The lowest BCUT2D eigenvalue weighted by Gasteiger charge is -2.31. The number of likely N-dealkylation sites (tertiary alicyclic amines) is 1. The maximum Gasteiger partial charge on any atom is 0.321 e. The number of amides is 1. The fourth-order valence-electron chi connectivity index (χ4n) is 2.18. The van der Waals surface area contributed by atoms with Crippen molar-refractivity contribution in [2.45, 2.75) is 18.9 Å². The predicted octanol–water partition coefficient (Wildman–Crippen LogP) is 1.17. The van der Waals surface area contributed by atoms with E-state index in [0.717, 1.165) is 12.8 Å². The summed E-state index contributed by atoms with van der Waals surface area (Å²) in [6, 6.07) is 3.07. The van der Waals surface area contributed by atoms with Crippen LogP contribution in [0.4, 0.5) is 5.82 Å². The van der Waals surface area contributed by atoms with Crippen LogP contribution in [0.15, 0.2) is 12.1 Å². The zero-order chi connectivity index (χ0) is 13.1. The fourth-order valence-corrected chi connectivity index (χ4v) is 2.18. The van der Waals surface area contributed by atoms with Gasteiger partial charge in [0.25, 0.3) is 5.91 Å². The average molecular weight is 289 g/mol. The molecule has 0 aromatic carbocycles. The van der Waals surface area contributed by atoms with Crippen molar-refractivity contribution >= 4 is 24.1 Å². The van der Waals surface area contributed by atoms with Gasteiger partial charge in [-0.05, 0) is 30.9 Å². The molecular formula is C11H17ClN4O3. The Kier molecular flexibility index (Phi) is 5.31. The zero-order valence-corrected chi connectivity index (χ0v) is 11.4. The normalized spacial score (nSPS) is 18.8. The Balaban J connectivity index is 0.00000180. The molecule has 106 valence electrons. The van der Waals surface area contributed by atoms with Gasteiger partial charge in [0.2, 0.25) is 0 Å². The number of carbonyl (C=O) groups excluding carboxylic acids is 1. The number of nitrogens with zero attached hydrogens (tertiary/aromatic N) is 2. The standard InChI is InChI=1S/C11H16N4O3.ClH/c1-12-8-3-2-6-14(7-8)11(16)9-4-5-10(13-9)15(17)18;/h4-5,8,12-13H,2-3,6-7H2,1H3;1H. The van der Waals surface area contributed by atoms with E-state index in [9.17, 15) is 14.9 Å². The van der Waals surface area contributed by atoms with Crippen molar-refractivity contribution in [1.82, 2.24) is 15.2 Å². The monoisotopic (exact) mass is 288 g/mol. The van der Waals surface area contributed by atoms with Crippen molar-refractivity contribution in [2.24, 2.45) is 0 Å². The number of H-pyrrole nitrogens is 1. The number of hydrogen-bond acceptors (Lipinski definition) is 4. The van der Waals surface area contributed by atoms with E-state index in [2.05, 4.69) is 10.3 Å². The third-order valence-corrected chi connectivity index (χ3v) is 3.21. The summed E-state index contributed by atoms with van der Waals surface area (Å²) in [6.45, 7) is 1.34. The summed E-state index contributed by atoms with van der Waals surface area (Å²) in [6.07, 6.45) is 1.99. The highest BCUT2D eigenvalue weighted by Crippen LogP contribution is 2.16. The molecule has 1 unspecified atom stereocenters. The van der Waals surface area contributed by atoms with E-state index < -0.39 is 4.92 Å². The molecule has 2 heterocycles. The highest BCUT2D eigenvalue weighted by molar-refractivity contribution is 5.93. The van der Waals surface area contributed by atoms with Crippen LogP contribution in [-0.2, 0) is 0 Å². The molecule has 1 saturated heterocycles. The Labute approximate surface area is 116 Å². The first kappa shape index (κ1) is 15.5. The van der Waals surface area contributed by atoms with Crippen LogP contribution in [0.3, 0.4) is 0 Å². The zero-order valence-electron chi connectivity index (χ0n) is 10.6. The number of rotatable bonds is 3. The highest BCUT2D eigenvalue weighted by atomic mass is 35.5. The van der Waals surface area contributed by atoms with E-state index in [-0.39, 0.29) is 29.8 Å². The summed E-state index contributed by atoms with van der Waals surface area (Å²) in [4.78, 5) is 26.4. The first-order chi connectivity index (χ1) is 8.61. The number of halogens is 1. The van der Waals surface area contributed by atoms with Crippen LogP contribution in [-0.4, -0.2) is 46.9 Å². The second-order valence-electron chi connectivity index (χ2n) is 4.39. The molecule has 0 saturated carbocycles. The van der Waals surface area contributed by atoms with Gasteiger partial charge in [-0.2, -0.15) is 0 Å². The van der Waals surface area contributed by atoms with Gasteiger partial charge in [-0.1, -0.05) is 0 Å². The van der Waals surface area contributed by atoms with E-state index in [1.165, 1.54) is 12.1 Å². The molecule has 8 heteroatoms. The van der Waals surface area contributed by atoms with Crippen LogP contribution in [0, 0.1) is 10.1 Å². The largest absolute Gasteiger partial charge is 0.358 e. The van der Waals surface area contributed by atoms with Crippen molar-refractivity contribution in [1.29, 1.82) is 0 Å². The summed E-state index contributed by atoms with van der Waals surface area (Å²) in [5, 5.41) is 13.7. The maximum absolute atomic E-state index is 12.1. The molecule has 0 bridgehead atoms. The van der Waals surface area contributed by atoms with Crippen LogP contribution in [0.5, 0.6) is 0 Å². The second-order valence-corrected chi connectivity index (χ2v) is 4.39. The second kappa shape index (κ2) is 6.53. The first-order valence-electron chi connectivity index (χ1n) is 5.91. The quantitative estimate of drug-likeness (QED) is 0.645. The Morgan fingerprint density at radius 3 is 2.89 bits per heavy atom. The van der Waals surface area contributed by atoms with Crippen LogP contribution >= 0.6 is 12.4 Å². The number of piperidine rings is 1. The van der Waals surface area contributed by atoms with Gasteiger partial charge in [-0.15, -0.1) is 12.4 Å². The van der Waals surface area contributed by atoms with E-state index >= 15 is 0 Å². The topological polar surface area (TPSA) is 91.3 Å². The predicted molar refractivity (Wildman–Crippen MR) is 72.7 cm³/mol. The summed E-state index contributed by atoms with van der Waals surface area (Å²) in [5.74, 6) is -0.330. The van der Waals surface area contributed by atoms with Gasteiger partial charge in [-0.25, -0.2) is 4.98 Å². The Hall–Kier alpha value is -1.60. The van der Waals surface area contributed by atoms with E-state index in [1.807, 2.05) is 7.05 Å². The number of aromatic nitrogens is 1. The lowest BCUT2D eigenvalue weighted by molar-refractivity contribution is -0.389. The average Bonchev–Trinajstić information content (AvgIpc) is 2.87. The van der Waals surface area contributed by atoms with Crippen LogP contribution in [0.1, 0.15) is 23.3 Å². The SMILES string of the molecule is CNC1CCCN(C(=O)c2ccc([N+](=O)[O-])[nH]2)C1.Cl. The van der Waals surface area contributed by atoms with Gasteiger partial charge in [0.15, 0.2) is 5.69 Å². The molecular weight excluding hydrogens is 272 g/mol. The van der Waals surface area contributed by atoms with E-state index in [1.54, 1.807) is 4.90 Å². The molecule has 0 spiro atoms. The number of nitro groups is 1. The Bertz CT molecular complexity index is 463. The number of nitrogens with one attached hydrogen (secondary N) is 2. The fraction of sp³-hybridized carbons (Fsp3) is 0.545. The molecule has 7 nitrogen and oxygen atoms in total. The van der Waals surface area contributed by atoms with Crippen LogP contribution in [0.2, 0.25) is 0 Å². The summed E-state index contributed by atoms with van der Waals surface area (Å²) in [5.41, 5.74) is 0.276. The minimum Gasteiger partial charge on any atom is -0.358 e. The smallest absolute Gasteiger partial charge is 0.321 e. The third kappa shape index (κ3) is 3.45. The molecule has 19 heavy (non-hydrogen) atoms. The number of carbonyl (C=O) groups is 1. The summed E-state index contributed by atoms with van der Waals surface area (Å²) >= 11 is 0. The van der Waals surface area contributed by atoms with Crippen LogP contribution < -0.4 is 5.32 Å². The lowest BCUT2D eigenvalue weighted by Crippen LogP contribution is -2.47. The van der Waals surface area contributed by atoms with E-state index in [0.29, 0.717) is 19.1 Å². The maximum atomic E-state index is 12.1. The van der Waals surface area contributed by atoms with Crippen molar-refractivity contribution in [3.8, 4) is 0 Å². The van der Waals surface area contributed by atoms with Gasteiger partial charge in [-0.3, -0.25) is 4.79 Å². The van der Waals surface area contributed by atoms with Gasteiger partial charge < -0.3 is 20.3 Å². The number of aromatic amines is 1. The number of likely N-dealkylation sites (N-methyl/N-ethyl adjacent to an activating group) is 1. The van der Waals surface area contributed by atoms with Crippen molar-refractivity contribution in [3.05, 3.63) is 27.9 Å². The Morgan fingerprint density at radius 2 is 2.32 bits per heavy atom. The molecule has 2 rings (SSSR count). The molecule has 1 amide bonds. The molecule has 0 radical (unpaired) electrons. The van der Waals surface area contributed by atoms with Crippen LogP contribution in [0.25, 0.3) is 0 Å². The molecule has 1 aromatic heterocycles. The van der Waals surface area contributed by atoms with Gasteiger partial charge in [0.05, 0.1) is 0 Å². The van der Waals surface area contributed by atoms with E-state index in [4.69, 9.17) is 0 Å². The molecule has 1 atom stereocenters. The molecule has 1 aliphatic rings. The van der Waals surface area contributed by atoms with Crippen molar-refractivity contribution in [3.63, 3.8) is 0 Å². The molecule has 1 fully saturated rings. The van der Waals surface area contributed by atoms with Crippen molar-refractivity contribution < 1.29 is 9.72 Å². The Morgan fingerprint density at radius 1 is 1.58 bits per heavy atom. The third-order valence-electron chi connectivity index (χ3n) is 3.21. The summed E-state index contributed by atoms with van der Waals surface area (Å²) < 4.78 is 0. The molecule has 1 aliphatic heterocycles. The first-order valence-corrected chi connectivity index (χ1v) is 5.91. The molecule has 2 N–H and O–H groups in total. The minimum absolute atomic E-state index is 0. The summed E-state index contributed by atoms with van der Waals surface area (Å²) in [7, 11) is 1.87. The minimum atomic E-state index is -0.538. The lowest BCUT2D eigenvalue weighted by atomic mass is 10.1. The van der Waals surface area contributed by atoms with Gasteiger partial charge in [0.1, 0.15) is 0 Å².